The maximum Gasteiger partial charge on any atom is 0.269 e. The molecule has 0 fully saturated rings. The summed E-state index contributed by atoms with van der Waals surface area (Å²) in [5.41, 5.74) is 2.40. The fourth-order valence-corrected chi connectivity index (χ4v) is 2.93. The normalized spacial score (nSPS) is 12.5. The summed E-state index contributed by atoms with van der Waals surface area (Å²) in [7, 11) is 0. The number of ether oxygens (including phenoxy) is 2. The molecule has 1 amide bonds. The molecule has 3 aromatic rings. The predicted octanol–water partition coefficient (Wildman–Crippen LogP) is 4.50. The van der Waals surface area contributed by atoms with Crippen molar-refractivity contribution in [3.63, 3.8) is 0 Å². The number of amides is 1. The fourth-order valence-electron chi connectivity index (χ4n) is 2.93. The molecule has 7 heteroatoms. The van der Waals surface area contributed by atoms with Gasteiger partial charge in [-0.3, -0.25) is 14.9 Å². The zero-order valence-corrected chi connectivity index (χ0v) is 15.2. The van der Waals surface area contributed by atoms with Gasteiger partial charge in [0, 0.05) is 29.5 Å². The van der Waals surface area contributed by atoms with E-state index in [1.54, 1.807) is 36.4 Å². The second-order valence-electron chi connectivity index (χ2n) is 6.29. The van der Waals surface area contributed by atoms with E-state index in [1.807, 2.05) is 30.3 Å². The number of carbonyl (C=O) groups is 1. The third-order valence-corrected chi connectivity index (χ3v) is 4.37. The number of fused-ring (bicyclic) bond motifs is 1. The lowest BCUT2D eigenvalue weighted by Crippen LogP contribution is -2.13. The first-order chi connectivity index (χ1) is 14.1. The molecule has 3 aromatic carbocycles. The lowest BCUT2D eigenvalue weighted by molar-refractivity contribution is -0.384. The van der Waals surface area contributed by atoms with Crippen LogP contribution in [0.25, 0.3) is 11.6 Å². The van der Waals surface area contributed by atoms with Gasteiger partial charge in [0.1, 0.15) is 0 Å². The smallest absolute Gasteiger partial charge is 0.269 e. The Bertz CT molecular complexity index is 1090. The number of rotatable bonds is 5. The van der Waals surface area contributed by atoms with Gasteiger partial charge in [0.05, 0.1) is 4.92 Å². The quantitative estimate of drug-likeness (QED) is 0.301. The van der Waals surface area contributed by atoms with E-state index in [1.165, 1.54) is 12.1 Å². The van der Waals surface area contributed by atoms with Crippen molar-refractivity contribution < 1.29 is 19.2 Å². The van der Waals surface area contributed by atoms with Crippen LogP contribution in [0.1, 0.15) is 11.1 Å². The monoisotopic (exact) mass is 388 g/mol. The molecule has 0 radical (unpaired) electrons. The molecule has 1 aliphatic heterocycles. The van der Waals surface area contributed by atoms with Crippen LogP contribution in [-0.2, 0) is 4.79 Å². The summed E-state index contributed by atoms with van der Waals surface area (Å²) in [4.78, 5) is 23.4. The van der Waals surface area contributed by atoms with Crippen LogP contribution in [0.5, 0.6) is 11.5 Å². The second-order valence-corrected chi connectivity index (χ2v) is 6.29. The molecule has 1 aliphatic rings. The zero-order valence-electron chi connectivity index (χ0n) is 15.2. The van der Waals surface area contributed by atoms with Gasteiger partial charge in [-0.1, -0.05) is 30.3 Å². The van der Waals surface area contributed by atoms with E-state index in [0.717, 1.165) is 5.56 Å². The molecule has 0 aliphatic carbocycles. The molecule has 7 nitrogen and oxygen atoms in total. The van der Waals surface area contributed by atoms with Gasteiger partial charge in [0.25, 0.3) is 11.6 Å². The van der Waals surface area contributed by atoms with Crippen molar-refractivity contribution >= 4 is 28.9 Å². The molecule has 1 N–H and O–H groups in total. The van der Waals surface area contributed by atoms with Crippen molar-refractivity contribution in [2.75, 3.05) is 12.1 Å². The molecule has 4 rings (SSSR count). The summed E-state index contributed by atoms with van der Waals surface area (Å²) >= 11 is 0. The standard InChI is InChI=1S/C22H16N2O5/c25-22(23-17-8-11-20-21(13-17)29-14-28-20)19(16-4-2-1-3-5-16)12-15-6-9-18(10-7-15)24(26)27/h1-13H,14H2,(H,23,25)/b19-12+. The molecule has 29 heavy (non-hydrogen) atoms. The molecule has 0 aromatic heterocycles. The van der Waals surface area contributed by atoms with Crippen molar-refractivity contribution in [3.8, 4) is 11.5 Å². The van der Waals surface area contributed by atoms with E-state index < -0.39 is 4.92 Å². The SMILES string of the molecule is O=C(Nc1ccc2c(c1)OCO2)/C(=C/c1ccc([N+](=O)[O-])cc1)c1ccccc1. The molecule has 0 spiro atoms. The Morgan fingerprint density at radius 2 is 1.69 bits per heavy atom. The first kappa shape index (κ1) is 18.2. The van der Waals surface area contributed by atoms with Crippen LogP contribution in [0, 0.1) is 10.1 Å². The Balaban J connectivity index is 1.65. The third kappa shape index (κ3) is 4.08. The van der Waals surface area contributed by atoms with Crippen LogP contribution in [0.15, 0.2) is 72.8 Å². The lowest BCUT2D eigenvalue weighted by Gasteiger charge is -2.10. The van der Waals surface area contributed by atoms with Gasteiger partial charge in [0.15, 0.2) is 11.5 Å². The van der Waals surface area contributed by atoms with Gasteiger partial charge in [-0.15, -0.1) is 0 Å². The van der Waals surface area contributed by atoms with E-state index in [4.69, 9.17) is 9.47 Å². The van der Waals surface area contributed by atoms with E-state index in [9.17, 15) is 14.9 Å². The summed E-state index contributed by atoms with van der Waals surface area (Å²) in [6.45, 7) is 0.155. The Morgan fingerprint density at radius 3 is 2.41 bits per heavy atom. The van der Waals surface area contributed by atoms with Crippen LogP contribution in [0.2, 0.25) is 0 Å². The van der Waals surface area contributed by atoms with E-state index in [-0.39, 0.29) is 18.4 Å². The second kappa shape index (κ2) is 7.85. The largest absolute Gasteiger partial charge is 0.454 e. The highest BCUT2D eigenvalue weighted by Gasteiger charge is 2.17. The first-order valence-corrected chi connectivity index (χ1v) is 8.83. The molecule has 144 valence electrons. The minimum absolute atomic E-state index is 0.00628. The summed E-state index contributed by atoms with van der Waals surface area (Å²) in [6, 6.07) is 20.4. The molecular formula is C22H16N2O5. The van der Waals surface area contributed by atoms with Crippen molar-refractivity contribution in [3.05, 3.63) is 94.0 Å². The number of hydrogen-bond donors (Lipinski definition) is 1. The van der Waals surface area contributed by atoms with Gasteiger partial charge >= 0.3 is 0 Å². The molecule has 0 saturated heterocycles. The molecule has 0 atom stereocenters. The van der Waals surface area contributed by atoms with Crippen LogP contribution in [-0.4, -0.2) is 17.6 Å². The summed E-state index contributed by atoms with van der Waals surface area (Å²) < 4.78 is 10.6. The molecule has 0 saturated carbocycles. The van der Waals surface area contributed by atoms with Crippen molar-refractivity contribution in [2.24, 2.45) is 0 Å². The number of benzene rings is 3. The van der Waals surface area contributed by atoms with E-state index in [2.05, 4.69) is 5.32 Å². The number of carbonyl (C=O) groups excluding carboxylic acids is 1. The van der Waals surface area contributed by atoms with Crippen LogP contribution < -0.4 is 14.8 Å². The Hall–Kier alpha value is -4.13. The Kier molecular flexibility index (Phi) is 4.94. The molecule has 0 bridgehead atoms. The number of non-ortho nitro benzene ring substituents is 1. The maximum absolute atomic E-state index is 13.0. The number of nitrogens with zero attached hydrogens (tertiary/aromatic N) is 1. The lowest BCUT2D eigenvalue weighted by atomic mass is 10.0. The van der Waals surface area contributed by atoms with E-state index in [0.29, 0.717) is 28.3 Å². The fraction of sp³-hybridized carbons (Fsp3) is 0.0455. The topological polar surface area (TPSA) is 90.7 Å². The highest BCUT2D eigenvalue weighted by atomic mass is 16.7. The van der Waals surface area contributed by atoms with Crippen molar-refractivity contribution in [2.45, 2.75) is 0 Å². The van der Waals surface area contributed by atoms with Crippen molar-refractivity contribution in [1.82, 2.24) is 0 Å². The summed E-state index contributed by atoms with van der Waals surface area (Å²) in [6.07, 6.45) is 1.70. The number of anilines is 1. The minimum Gasteiger partial charge on any atom is -0.454 e. The van der Waals surface area contributed by atoms with E-state index >= 15 is 0 Å². The first-order valence-electron chi connectivity index (χ1n) is 8.83. The number of nitrogens with one attached hydrogen (secondary N) is 1. The third-order valence-electron chi connectivity index (χ3n) is 4.37. The van der Waals surface area contributed by atoms with Gasteiger partial charge in [-0.2, -0.15) is 0 Å². The van der Waals surface area contributed by atoms with Gasteiger partial charge in [0.2, 0.25) is 6.79 Å². The molecular weight excluding hydrogens is 372 g/mol. The van der Waals surface area contributed by atoms with Crippen molar-refractivity contribution in [1.29, 1.82) is 0 Å². The van der Waals surface area contributed by atoms with Crippen LogP contribution in [0.4, 0.5) is 11.4 Å². The maximum atomic E-state index is 13.0. The Morgan fingerprint density at radius 1 is 0.966 bits per heavy atom. The van der Waals surface area contributed by atoms with Crippen LogP contribution in [0.3, 0.4) is 0 Å². The number of hydrogen-bond acceptors (Lipinski definition) is 5. The van der Waals surface area contributed by atoms with Crippen LogP contribution >= 0.6 is 0 Å². The molecule has 0 unspecified atom stereocenters. The average Bonchev–Trinajstić information content (AvgIpc) is 3.21. The summed E-state index contributed by atoms with van der Waals surface area (Å²) in [5.74, 6) is 0.893. The van der Waals surface area contributed by atoms with Gasteiger partial charge < -0.3 is 14.8 Å². The number of nitro benzene ring substituents is 1. The molecule has 1 heterocycles. The number of nitro groups is 1. The summed E-state index contributed by atoms with van der Waals surface area (Å²) in [5, 5.41) is 13.7. The van der Waals surface area contributed by atoms with Gasteiger partial charge in [-0.05, 0) is 41.5 Å². The predicted molar refractivity (Wildman–Crippen MR) is 109 cm³/mol. The van der Waals surface area contributed by atoms with Gasteiger partial charge in [-0.25, -0.2) is 0 Å². The zero-order chi connectivity index (χ0) is 20.2. The minimum atomic E-state index is -0.460. The Labute approximate surface area is 166 Å². The average molecular weight is 388 g/mol. The highest BCUT2D eigenvalue weighted by molar-refractivity contribution is 6.29. The highest BCUT2D eigenvalue weighted by Crippen LogP contribution is 2.34.